The minimum Gasteiger partial charge on any atom is -0.346 e. The molecule has 1 amide bonds. The minimum atomic E-state index is -0.113. The van der Waals surface area contributed by atoms with Crippen LogP contribution in [0.5, 0.6) is 0 Å². The van der Waals surface area contributed by atoms with Gasteiger partial charge in [0, 0.05) is 16.5 Å². The van der Waals surface area contributed by atoms with E-state index < -0.39 is 0 Å². The van der Waals surface area contributed by atoms with Crippen LogP contribution in [-0.2, 0) is 6.54 Å². The zero-order valence-electron chi connectivity index (χ0n) is 9.17. The Morgan fingerprint density at radius 2 is 2.29 bits per heavy atom. The summed E-state index contributed by atoms with van der Waals surface area (Å²) in [5.74, 6) is -0.113. The molecule has 2 heterocycles. The van der Waals surface area contributed by atoms with Crippen LogP contribution in [0, 0.1) is 6.92 Å². The fourth-order valence-electron chi connectivity index (χ4n) is 1.21. The van der Waals surface area contributed by atoms with Crippen molar-refractivity contribution in [2.24, 2.45) is 0 Å². The maximum atomic E-state index is 11.7. The molecular formula is C11H11N3OS2. The van der Waals surface area contributed by atoms with Gasteiger partial charge in [0.2, 0.25) is 0 Å². The van der Waals surface area contributed by atoms with Crippen LogP contribution in [0.2, 0.25) is 0 Å². The fraction of sp³-hybridized carbons (Fsp3) is 0.182. The molecule has 2 aromatic heterocycles. The first-order valence-corrected chi connectivity index (χ1v) is 6.31. The number of thiol groups is 1. The van der Waals surface area contributed by atoms with Crippen LogP contribution >= 0.6 is 24.0 Å². The molecule has 0 spiro atoms. The molecule has 0 bridgehead atoms. The van der Waals surface area contributed by atoms with E-state index in [9.17, 15) is 4.79 Å². The van der Waals surface area contributed by atoms with E-state index in [1.807, 2.05) is 12.3 Å². The van der Waals surface area contributed by atoms with E-state index >= 15 is 0 Å². The van der Waals surface area contributed by atoms with Crippen LogP contribution < -0.4 is 5.32 Å². The normalized spacial score (nSPS) is 10.2. The first-order valence-electron chi connectivity index (χ1n) is 4.98. The second-order valence-electron chi connectivity index (χ2n) is 3.50. The molecule has 6 heteroatoms. The lowest BCUT2D eigenvalue weighted by molar-refractivity contribution is 0.0954. The number of aryl methyl sites for hydroxylation is 1. The minimum absolute atomic E-state index is 0.113. The highest BCUT2D eigenvalue weighted by atomic mass is 32.1. The number of aromatic nitrogens is 2. The molecule has 0 saturated heterocycles. The molecule has 0 saturated carbocycles. The predicted molar refractivity (Wildman–Crippen MR) is 69.5 cm³/mol. The van der Waals surface area contributed by atoms with Gasteiger partial charge in [0.25, 0.3) is 5.91 Å². The average Bonchev–Trinajstić information content (AvgIpc) is 2.75. The zero-order valence-corrected chi connectivity index (χ0v) is 10.9. The van der Waals surface area contributed by atoms with Gasteiger partial charge in [-0.3, -0.25) is 14.8 Å². The monoisotopic (exact) mass is 265 g/mol. The molecule has 0 radical (unpaired) electrons. The van der Waals surface area contributed by atoms with Crippen LogP contribution in [0.1, 0.15) is 21.1 Å². The van der Waals surface area contributed by atoms with Crippen LogP contribution in [0.25, 0.3) is 0 Å². The number of carbonyl (C=O) groups is 1. The van der Waals surface area contributed by atoms with Crippen molar-refractivity contribution in [3.63, 3.8) is 0 Å². The first-order chi connectivity index (χ1) is 8.15. The highest BCUT2D eigenvalue weighted by Gasteiger charge is 2.07. The van der Waals surface area contributed by atoms with Crippen LogP contribution in [-0.4, -0.2) is 15.9 Å². The highest BCUT2D eigenvalue weighted by molar-refractivity contribution is 7.80. The summed E-state index contributed by atoms with van der Waals surface area (Å²) in [5, 5.41) is 4.61. The molecule has 0 atom stereocenters. The van der Waals surface area contributed by atoms with E-state index in [4.69, 9.17) is 0 Å². The van der Waals surface area contributed by atoms with Crippen molar-refractivity contribution in [2.45, 2.75) is 18.4 Å². The van der Waals surface area contributed by atoms with E-state index in [-0.39, 0.29) is 5.91 Å². The summed E-state index contributed by atoms with van der Waals surface area (Å²) in [5.41, 5.74) is 1.60. The van der Waals surface area contributed by atoms with Crippen molar-refractivity contribution in [3.05, 3.63) is 40.1 Å². The van der Waals surface area contributed by atoms with Gasteiger partial charge in [-0.15, -0.1) is 24.0 Å². The standard InChI is InChI=1S/C11H11N3OS2/c1-7-3-13-8(4-12-7)5-14-11(15)10-2-9(16)6-17-10/h2-4,6,16H,5H2,1H3,(H,14,15). The Balaban J connectivity index is 1.94. The van der Waals surface area contributed by atoms with Crippen molar-refractivity contribution in [2.75, 3.05) is 0 Å². The van der Waals surface area contributed by atoms with E-state index in [0.29, 0.717) is 11.4 Å². The number of hydrogen-bond acceptors (Lipinski definition) is 5. The third-order valence-corrected chi connectivity index (χ3v) is 3.44. The largest absolute Gasteiger partial charge is 0.346 e. The van der Waals surface area contributed by atoms with Crippen LogP contribution in [0.3, 0.4) is 0 Å². The zero-order chi connectivity index (χ0) is 12.3. The molecule has 2 aromatic rings. The Kier molecular flexibility index (Phi) is 3.75. The lowest BCUT2D eigenvalue weighted by Crippen LogP contribution is -2.22. The van der Waals surface area contributed by atoms with E-state index in [1.165, 1.54) is 11.3 Å². The second kappa shape index (κ2) is 5.29. The summed E-state index contributed by atoms with van der Waals surface area (Å²) in [6.07, 6.45) is 3.34. The molecule has 0 aliphatic carbocycles. The quantitative estimate of drug-likeness (QED) is 0.835. The smallest absolute Gasteiger partial charge is 0.261 e. The lowest BCUT2D eigenvalue weighted by atomic mass is 10.4. The van der Waals surface area contributed by atoms with Crippen molar-refractivity contribution in [1.29, 1.82) is 0 Å². The molecule has 0 unspecified atom stereocenters. The number of nitrogens with one attached hydrogen (secondary N) is 1. The summed E-state index contributed by atoms with van der Waals surface area (Å²) in [6, 6.07) is 1.74. The molecule has 0 aliphatic rings. The maximum Gasteiger partial charge on any atom is 0.261 e. The summed E-state index contributed by atoms with van der Waals surface area (Å²) in [4.78, 5) is 21.4. The third-order valence-electron chi connectivity index (χ3n) is 2.07. The lowest BCUT2D eigenvalue weighted by Gasteiger charge is -2.02. The molecule has 0 fully saturated rings. The Morgan fingerprint density at radius 1 is 1.47 bits per heavy atom. The molecule has 0 aromatic carbocycles. The number of nitrogens with zero attached hydrogens (tertiary/aromatic N) is 2. The number of hydrogen-bond donors (Lipinski definition) is 2. The number of rotatable bonds is 3. The summed E-state index contributed by atoms with van der Waals surface area (Å²) in [6.45, 7) is 2.25. The van der Waals surface area contributed by atoms with Crippen molar-refractivity contribution < 1.29 is 4.79 Å². The highest BCUT2D eigenvalue weighted by Crippen LogP contribution is 2.17. The second-order valence-corrected chi connectivity index (χ2v) is 4.93. The average molecular weight is 265 g/mol. The molecular weight excluding hydrogens is 254 g/mol. The van der Waals surface area contributed by atoms with E-state index in [1.54, 1.807) is 18.5 Å². The van der Waals surface area contributed by atoms with Gasteiger partial charge in [-0.05, 0) is 13.0 Å². The number of amides is 1. The van der Waals surface area contributed by atoms with Gasteiger partial charge < -0.3 is 5.32 Å². The van der Waals surface area contributed by atoms with Crippen molar-refractivity contribution in [3.8, 4) is 0 Å². The van der Waals surface area contributed by atoms with E-state index in [0.717, 1.165) is 16.3 Å². The van der Waals surface area contributed by atoms with Gasteiger partial charge in [-0.2, -0.15) is 0 Å². The predicted octanol–water partition coefficient (Wildman–Crippen LogP) is 2.07. The van der Waals surface area contributed by atoms with Gasteiger partial charge in [0.1, 0.15) is 0 Å². The molecule has 2 rings (SSSR count). The Morgan fingerprint density at radius 3 is 2.88 bits per heavy atom. The molecule has 1 N–H and O–H groups in total. The number of carbonyl (C=O) groups excluding carboxylic acids is 1. The van der Waals surface area contributed by atoms with Gasteiger partial charge in [-0.25, -0.2) is 0 Å². The molecule has 4 nitrogen and oxygen atoms in total. The van der Waals surface area contributed by atoms with E-state index in [2.05, 4.69) is 27.9 Å². The first kappa shape index (κ1) is 12.1. The Bertz CT molecular complexity index is 522. The van der Waals surface area contributed by atoms with Gasteiger partial charge in [-0.1, -0.05) is 0 Å². The third kappa shape index (κ3) is 3.28. The SMILES string of the molecule is Cc1cnc(CNC(=O)c2cc(S)cs2)cn1. The number of thiophene rings is 1. The molecule has 88 valence electrons. The van der Waals surface area contributed by atoms with Crippen LogP contribution in [0.4, 0.5) is 0 Å². The molecule has 17 heavy (non-hydrogen) atoms. The van der Waals surface area contributed by atoms with Crippen LogP contribution in [0.15, 0.2) is 28.7 Å². The van der Waals surface area contributed by atoms with Gasteiger partial charge >= 0.3 is 0 Å². The maximum absolute atomic E-state index is 11.7. The van der Waals surface area contributed by atoms with Crippen molar-refractivity contribution in [1.82, 2.24) is 15.3 Å². The van der Waals surface area contributed by atoms with Gasteiger partial charge in [0.15, 0.2) is 0 Å². The van der Waals surface area contributed by atoms with Crippen molar-refractivity contribution >= 4 is 29.9 Å². The molecule has 0 aliphatic heterocycles. The summed E-state index contributed by atoms with van der Waals surface area (Å²) >= 11 is 5.53. The summed E-state index contributed by atoms with van der Waals surface area (Å²) in [7, 11) is 0. The Hall–Kier alpha value is -1.40. The summed E-state index contributed by atoms with van der Waals surface area (Å²) < 4.78 is 0. The fourth-order valence-corrected chi connectivity index (χ4v) is 2.28. The van der Waals surface area contributed by atoms with Gasteiger partial charge in [0.05, 0.1) is 29.0 Å². The Labute approximate surface area is 109 Å². The topological polar surface area (TPSA) is 54.9 Å².